The number of hydrogen-bond donors (Lipinski definition) is 0. The lowest BCUT2D eigenvalue weighted by atomic mass is 9.92. The molecule has 0 spiro atoms. The molecule has 0 bridgehead atoms. The molecule has 7 nitrogen and oxygen atoms in total. The maximum atomic E-state index is 13.0. The Bertz CT molecular complexity index is 911. The average Bonchev–Trinajstić information content (AvgIpc) is 2.71. The van der Waals surface area contributed by atoms with Gasteiger partial charge in [0.1, 0.15) is 0 Å². The van der Waals surface area contributed by atoms with Crippen molar-refractivity contribution in [3.63, 3.8) is 0 Å². The topological polar surface area (TPSA) is 84.0 Å². The first-order chi connectivity index (χ1) is 13.8. The number of carbonyl (C=O) groups is 2. The van der Waals surface area contributed by atoms with Gasteiger partial charge in [-0.25, -0.2) is 13.2 Å². The molecule has 1 aliphatic heterocycles. The van der Waals surface area contributed by atoms with Crippen LogP contribution in [0.1, 0.15) is 37.8 Å². The minimum atomic E-state index is -3.58. The van der Waals surface area contributed by atoms with Gasteiger partial charge in [-0.2, -0.15) is 4.31 Å². The van der Waals surface area contributed by atoms with Crippen LogP contribution in [0.2, 0.25) is 0 Å². The van der Waals surface area contributed by atoms with Crippen LogP contribution >= 0.6 is 0 Å². The number of piperazine rings is 1. The molecular formula is C21H28N2O5S. The minimum Gasteiger partial charge on any atom is -0.452 e. The zero-order valence-corrected chi connectivity index (χ0v) is 17.8. The van der Waals surface area contributed by atoms with Crippen LogP contribution in [0, 0.1) is 0 Å². The molecule has 0 radical (unpaired) electrons. The van der Waals surface area contributed by atoms with E-state index in [1.807, 2.05) is 12.1 Å². The summed E-state index contributed by atoms with van der Waals surface area (Å²) in [5.74, 6) is -0.863. The molecule has 158 valence electrons. The maximum Gasteiger partial charge on any atom is 0.331 e. The summed E-state index contributed by atoms with van der Waals surface area (Å²) in [6.45, 7) is 4.23. The number of sulfonamides is 1. The number of ether oxygens (including phenoxy) is 1. The van der Waals surface area contributed by atoms with Crippen molar-refractivity contribution in [3.8, 4) is 0 Å². The van der Waals surface area contributed by atoms with Crippen molar-refractivity contribution in [2.75, 3.05) is 32.8 Å². The number of fused-ring (bicyclic) bond motifs is 1. The van der Waals surface area contributed by atoms with Crippen molar-refractivity contribution in [1.82, 2.24) is 9.21 Å². The van der Waals surface area contributed by atoms with Crippen LogP contribution in [0.3, 0.4) is 0 Å². The first-order valence-electron chi connectivity index (χ1n) is 9.99. The third-order valence-electron chi connectivity index (χ3n) is 5.29. The molecule has 2 aliphatic rings. The summed E-state index contributed by atoms with van der Waals surface area (Å²) in [5.41, 5.74) is 3.17. The number of benzene rings is 1. The van der Waals surface area contributed by atoms with Gasteiger partial charge >= 0.3 is 5.97 Å². The number of aryl methyl sites for hydroxylation is 2. The van der Waals surface area contributed by atoms with Crippen molar-refractivity contribution in [2.45, 2.75) is 44.4 Å². The van der Waals surface area contributed by atoms with Gasteiger partial charge in [-0.1, -0.05) is 11.6 Å². The van der Waals surface area contributed by atoms with Gasteiger partial charge in [-0.3, -0.25) is 4.79 Å². The van der Waals surface area contributed by atoms with Gasteiger partial charge < -0.3 is 9.64 Å². The average molecular weight is 421 g/mol. The zero-order valence-electron chi connectivity index (χ0n) is 17.0. The Morgan fingerprint density at radius 3 is 2.34 bits per heavy atom. The summed E-state index contributed by atoms with van der Waals surface area (Å²) in [6.07, 6.45) is 5.51. The molecule has 1 saturated heterocycles. The summed E-state index contributed by atoms with van der Waals surface area (Å²) >= 11 is 0. The van der Waals surface area contributed by atoms with E-state index in [0.29, 0.717) is 4.90 Å². The van der Waals surface area contributed by atoms with E-state index in [0.717, 1.165) is 36.8 Å². The summed E-state index contributed by atoms with van der Waals surface area (Å²) < 4.78 is 32.4. The number of hydrogen-bond acceptors (Lipinski definition) is 5. The molecule has 1 heterocycles. The molecule has 29 heavy (non-hydrogen) atoms. The van der Waals surface area contributed by atoms with Gasteiger partial charge in [0.2, 0.25) is 10.0 Å². The Hall–Kier alpha value is -2.19. The normalized spacial score (nSPS) is 17.4. The highest BCUT2D eigenvalue weighted by Crippen LogP contribution is 2.26. The monoisotopic (exact) mass is 420 g/mol. The van der Waals surface area contributed by atoms with E-state index in [9.17, 15) is 18.0 Å². The molecule has 0 aromatic heterocycles. The molecule has 1 aromatic carbocycles. The Morgan fingerprint density at radius 2 is 1.69 bits per heavy atom. The Kier molecular flexibility index (Phi) is 6.74. The van der Waals surface area contributed by atoms with Crippen molar-refractivity contribution in [3.05, 3.63) is 41.0 Å². The number of carbonyl (C=O) groups excluding carboxylic acids is 2. The molecule has 0 N–H and O–H groups in total. The summed E-state index contributed by atoms with van der Waals surface area (Å²) in [4.78, 5) is 25.6. The molecule has 1 fully saturated rings. The number of rotatable bonds is 5. The second-order valence-corrected chi connectivity index (χ2v) is 9.69. The molecule has 0 atom stereocenters. The number of nitrogens with zero attached hydrogens (tertiary/aromatic N) is 2. The molecule has 8 heteroatoms. The Morgan fingerprint density at radius 1 is 1.03 bits per heavy atom. The smallest absolute Gasteiger partial charge is 0.331 e. The largest absolute Gasteiger partial charge is 0.452 e. The lowest BCUT2D eigenvalue weighted by Crippen LogP contribution is -2.51. The first-order valence-corrected chi connectivity index (χ1v) is 11.4. The predicted octanol–water partition coefficient (Wildman–Crippen LogP) is 1.91. The number of allylic oxidation sites excluding steroid dienone is 1. The van der Waals surface area contributed by atoms with Gasteiger partial charge in [-0.05, 0) is 62.8 Å². The van der Waals surface area contributed by atoms with E-state index in [1.54, 1.807) is 19.9 Å². The lowest BCUT2D eigenvalue weighted by molar-refractivity contribution is -0.148. The first kappa shape index (κ1) is 21.5. The van der Waals surface area contributed by atoms with Crippen LogP contribution in [0.25, 0.3) is 0 Å². The molecule has 1 aliphatic carbocycles. The quantitative estimate of drug-likeness (QED) is 0.537. The van der Waals surface area contributed by atoms with Crippen molar-refractivity contribution in [1.29, 1.82) is 0 Å². The van der Waals surface area contributed by atoms with E-state index in [1.165, 1.54) is 20.8 Å². The van der Waals surface area contributed by atoms with Crippen LogP contribution in [0.5, 0.6) is 0 Å². The summed E-state index contributed by atoms with van der Waals surface area (Å²) in [7, 11) is -3.58. The molecule has 0 unspecified atom stereocenters. The van der Waals surface area contributed by atoms with Crippen molar-refractivity contribution in [2.24, 2.45) is 0 Å². The third-order valence-corrected chi connectivity index (χ3v) is 7.19. The number of amides is 1. The predicted molar refractivity (Wildman–Crippen MR) is 109 cm³/mol. The van der Waals surface area contributed by atoms with Gasteiger partial charge in [-0.15, -0.1) is 0 Å². The van der Waals surface area contributed by atoms with Crippen LogP contribution in [-0.4, -0.2) is 62.3 Å². The molecule has 0 saturated carbocycles. The summed E-state index contributed by atoms with van der Waals surface area (Å²) in [5, 5.41) is 0. The van der Waals surface area contributed by atoms with Crippen LogP contribution in [0.4, 0.5) is 0 Å². The molecule has 1 amide bonds. The fraction of sp³-hybridized carbons (Fsp3) is 0.524. The molecule has 3 rings (SSSR count). The SMILES string of the molecule is CC(C)=CC(=O)OCC(=O)N1CCN(S(=O)(=O)c2ccc3c(c2)CCCC3)CC1. The standard InChI is InChI=1S/C21H28N2O5S/c1-16(2)13-21(25)28-15-20(24)22-9-11-23(12-10-22)29(26,27)19-8-7-17-5-3-4-6-18(17)14-19/h7-8,13-14H,3-6,9-12,15H2,1-2H3. The van der Waals surface area contributed by atoms with E-state index in [4.69, 9.17) is 4.74 Å². The lowest BCUT2D eigenvalue weighted by Gasteiger charge is -2.34. The minimum absolute atomic E-state index is 0.229. The van der Waals surface area contributed by atoms with E-state index in [2.05, 4.69) is 0 Å². The van der Waals surface area contributed by atoms with Gasteiger partial charge in [0.25, 0.3) is 5.91 Å². The maximum absolute atomic E-state index is 13.0. The van der Waals surface area contributed by atoms with E-state index < -0.39 is 16.0 Å². The van der Waals surface area contributed by atoms with Gasteiger partial charge in [0, 0.05) is 32.3 Å². The molecule has 1 aromatic rings. The Labute approximate surface area is 172 Å². The zero-order chi connectivity index (χ0) is 21.0. The molecular weight excluding hydrogens is 392 g/mol. The second kappa shape index (κ2) is 9.09. The summed E-state index contributed by atoms with van der Waals surface area (Å²) in [6, 6.07) is 5.44. The van der Waals surface area contributed by atoms with Gasteiger partial charge in [0.05, 0.1) is 4.90 Å². The third kappa shape index (κ3) is 5.25. The number of esters is 1. The fourth-order valence-corrected chi connectivity index (χ4v) is 5.17. The van der Waals surface area contributed by atoms with E-state index >= 15 is 0 Å². The highest BCUT2D eigenvalue weighted by Gasteiger charge is 2.30. The van der Waals surface area contributed by atoms with Crippen molar-refractivity contribution >= 4 is 21.9 Å². The van der Waals surface area contributed by atoms with Gasteiger partial charge in [0.15, 0.2) is 6.61 Å². The Balaban J connectivity index is 1.57. The van der Waals surface area contributed by atoms with Crippen molar-refractivity contribution < 1.29 is 22.7 Å². The van der Waals surface area contributed by atoms with E-state index in [-0.39, 0.29) is 38.7 Å². The second-order valence-electron chi connectivity index (χ2n) is 7.75. The fourth-order valence-electron chi connectivity index (χ4n) is 3.70. The highest BCUT2D eigenvalue weighted by atomic mass is 32.2. The highest BCUT2D eigenvalue weighted by molar-refractivity contribution is 7.89. The van der Waals surface area contributed by atoms with Crippen LogP contribution in [-0.2, 0) is 37.2 Å². The van der Waals surface area contributed by atoms with Crippen LogP contribution in [0.15, 0.2) is 34.7 Å². The van der Waals surface area contributed by atoms with Crippen LogP contribution < -0.4 is 0 Å².